The van der Waals surface area contributed by atoms with Crippen molar-refractivity contribution in [2.24, 2.45) is 5.41 Å². The van der Waals surface area contributed by atoms with E-state index in [2.05, 4.69) is 41.3 Å². The molecular formula is C20H23ClN2. The molecule has 0 saturated carbocycles. The van der Waals surface area contributed by atoms with Crippen LogP contribution in [-0.4, -0.2) is 31.1 Å². The molecule has 0 bridgehead atoms. The van der Waals surface area contributed by atoms with E-state index in [0.29, 0.717) is 5.41 Å². The van der Waals surface area contributed by atoms with Crippen LogP contribution in [0.15, 0.2) is 48.5 Å². The molecule has 0 aliphatic carbocycles. The first-order valence-electron chi connectivity index (χ1n) is 8.88. The van der Waals surface area contributed by atoms with Gasteiger partial charge < -0.3 is 5.31 Å². The zero-order chi connectivity index (χ0) is 16.6. The van der Waals surface area contributed by atoms with E-state index < -0.39 is 0 Å². The monoisotopic (exact) mass is 327 g/mol. The number of halogens is 1. The molecule has 1 spiro atoms. The highest BCUT2D eigenvalue weighted by molar-refractivity contribution is 6.30. The van der Waals surface area contributed by atoms with E-state index in [-0.39, 0.29) is 0 Å². The van der Waals surface area contributed by atoms with Crippen molar-refractivity contribution in [2.45, 2.75) is 19.4 Å². The highest BCUT2D eigenvalue weighted by Crippen LogP contribution is 2.36. The lowest BCUT2D eigenvalue weighted by Crippen LogP contribution is -2.58. The molecule has 0 atom stereocenters. The summed E-state index contributed by atoms with van der Waals surface area (Å²) in [7, 11) is 0. The SMILES string of the molecule is [2H]N1CC2(CCN(Cc3ccccc3-c3ccc(Cl)cc3)CC2)C1. The first-order valence-corrected chi connectivity index (χ1v) is 8.81. The Morgan fingerprint density at radius 2 is 1.74 bits per heavy atom. The van der Waals surface area contributed by atoms with Crippen LogP contribution in [0.25, 0.3) is 11.1 Å². The van der Waals surface area contributed by atoms with Crippen LogP contribution in [-0.2, 0) is 6.54 Å². The predicted molar refractivity (Wildman–Crippen MR) is 96.7 cm³/mol. The molecule has 0 radical (unpaired) electrons. The summed E-state index contributed by atoms with van der Waals surface area (Å²) in [5.41, 5.74) is 4.35. The van der Waals surface area contributed by atoms with Crippen LogP contribution in [0.2, 0.25) is 6.43 Å². The van der Waals surface area contributed by atoms with Crippen molar-refractivity contribution in [2.75, 3.05) is 26.2 Å². The van der Waals surface area contributed by atoms with E-state index in [1.165, 1.54) is 29.5 Å². The fourth-order valence-electron chi connectivity index (χ4n) is 3.74. The molecule has 2 nitrogen and oxygen atoms in total. The topological polar surface area (TPSA) is 15.3 Å². The Balaban J connectivity index is 1.47. The van der Waals surface area contributed by atoms with Crippen LogP contribution in [0.4, 0.5) is 0 Å². The van der Waals surface area contributed by atoms with E-state index in [1.807, 2.05) is 12.1 Å². The minimum Gasteiger partial charge on any atom is -0.316 e. The molecule has 0 aromatic heterocycles. The Hall–Kier alpha value is -1.35. The first kappa shape index (κ1) is 14.0. The van der Waals surface area contributed by atoms with Crippen molar-refractivity contribution in [3.05, 3.63) is 59.1 Å². The van der Waals surface area contributed by atoms with Gasteiger partial charge in [0.15, 0.2) is 0 Å². The van der Waals surface area contributed by atoms with Gasteiger partial charge in [-0.2, -0.15) is 0 Å². The van der Waals surface area contributed by atoms with E-state index in [0.717, 1.165) is 37.7 Å². The van der Waals surface area contributed by atoms with Gasteiger partial charge in [-0.15, -0.1) is 0 Å². The fourth-order valence-corrected chi connectivity index (χ4v) is 3.87. The number of nitrogens with one attached hydrogen (secondary N) is 1. The molecule has 0 unspecified atom stereocenters. The molecule has 2 fully saturated rings. The van der Waals surface area contributed by atoms with E-state index >= 15 is 0 Å². The van der Waals surface area contributed by atoms with Crippen molar-refractivity contribution in [1.82, 2.24) is 10.2 Å². The molecular weight excluding hydrogens is 304 g/mol. The summed E-state index contributed by atoms with van der Waals surface area (Å²) in [6.07, 6.45) is 2.46. The Kier molecular flexibility index (Phi) is 3.83. The van der Waals surface area contributed by atoms with Gasteiger partial charge in [0, 0.05) is 24.7 Å². The maximum absolute atomic E-state index is 7.65. The summed E-state index contributed by atoms with van der Waals surface area (Å²) in [5.74, 6) is 0. The highest BCUT2D eigenvalue weighted by atomic mass is 35.5. The molecule has 2 aromatic carbocycles. The normalized spacial score (nSPS) is 21.9. The zero-order valence-electron chi connectivity index (χ0n) is 14.3. The molecule has 4 rings (SSSR count). The van der Waals surface area contributed by atoms with Gasteiger partial charge in [-0.05, 0) is 60.2 Å². The summed E-state index contributed by atoms with van der Waals surface area (Å²) in [6.45, 7) is 5.20. The zero-order valence-corrected chi connectivity index (χ0v) is 14.1. The van der Waals surface area contributed by atoms with Crippen LogP contribution in [0.1, 0.15) is 18.4 Å². The number of hydrogen-bond donors (Lipinski definition) is 1. The van der Waals surface area contributed by atoms with Crippen molar-refractivity contribution < 1.29 is 1.41 Å². The standard InChI is InChI=1S/C20H23ClN2/c21-18-7-5-16(6-8-18)19-4-2-1-3-17(19)13-23-11-9-20(10-12-23)14-22-15-20/h1-8,22H,9-15H2/i/hD. The lowest BCUT2D eigenvalue weighted by molar-refractivity contribution is 0.0521. The molecule has 1 N–H and O–H groups in total. The molecule has 23 heavy (non-hydrogen) atoms. The van der Waals surface area contributed by atoms with Gasteiger partial charge in [0.1, 0.15) is 1.41 Å². The van der Waals surface area contributed by atoms with Crippen LogP contribution in [0.3, 0.4) is 0 Å². The lowest BCUT2D eigenvalue weighted by atomic mass is 9.73. The maximum Gasteiger partial charge on any atom is 0.122 e. The Labute approximate surface area is 144 Å². The van der Waals surface area contributed by atoms with Gasteiger partial charge in [0.2, 0.25) is 0 Å². The summed E-state index contributed by atoms with van der Waals surface area (Å²) >= 11 is 6.03. The quantitative estimate of drug-likeness (QED) is 0.909. The second-order valence-corrected chi connectivity index (χ2v) is 7.42. The minimum atomic E-state index is 0.438. The first-order chi connectivity index (χ1) is 11.6. The highest BCUT2D eigenvalue weighted by Gasteiger charge is 2.39. The number of rotatable bonds is 3. The van der Waals surface area contributed by atoms with Gasteiger partial charge in [0.05, 0.1) is 0 Å². The number of nitrogens with zero attached hydrogens (tertiary/aromatic N) is 1. The van der Waals surface area contributed by atoms with Crippen molar-refractivity contribution >= 4 is 11.6 Å². The number of hydrogen-bond acceptors (Lipinski definition) is 2. The van der Waals surface area contributed by atoms with Crippen LogP contribution in [0.5, 0.6) is 0 Å². The average molecular weight is 328 g/mol. The average Bonchev–Trinajstić information content (AvgIpc) is 2.57. The molecule has 120 valence electrons. The lowest BCUT2D eigenvalue weighted by Gasteiger charge is -2.48. The van der Waals surface area contributed by atoms with Crippen LogP contribution in [0, 0.1) is 5.41 Å². The molecule has 2 aromatic rings. The Morgan fingerprint density at radius 1 is 1.04 bits per heavy atom. The summed E-state index contributed by atoms with van der Waals surface area (Å²) in [6, 6.07) is 16.8. The predicted octanol–water partition coefficient (Wildman–Crippen LogP) is 4.19. The third-order valence-corrected chi connectivity index (χ3v) is 5.63. The van der Waals surface area contributed by atoms with Crippen LogP contribution < -0.4 is 5.31 Å². The van der Waals surface area contributed by atoms with E-state index in [4.69, 9.17) is 13.0 Å². The Bertz CT molecular complexity index is 700. The second kappa shape index (κ2) is 6.27. The van der Waals surface area contributed by atoms with Crippen molar-refractivity contribution in [1.29, 1.82) is 0 Å². The van der Waals surface area contributed by atoms with Gasteiger partial charge >= 0.3 is 0 Å². The van der Waals surface area contributed by atoms with Gasteiger partial charge in [0.25, 0.3) is 0 Å². The molecule has 3 heteroatoms. The molecule has 2 aliphatic rings. The van der Waals surface area contributed by atoms with Gasteiger partial charge in [-0.25, -0.2) is 0 Å². The largest absolute Gasteiger partial charge is 0.316 e. The molecule has 2 heterocycles. The smallest absolute Gasteiger partial charge is 0.122 e. The van der Waals surface area contributed by atoms with Crippen molar-refractivity contribution in [3.8, 4) is 11.1 Å². The fraction of sp³-hybridized carbons (Fsp3) is 0.400. The van der Waals surface area contributed by atoms with Crippen LogP contribution >= 0.6 is 11.6 Å². The number of likely N-dealkylation sites (tertiary alicyclic amines) is 1. The van der Waals surface area contributed by atoms with E-state index in [9.17, 15) is 0 Å². The van der Waals surface area contributed by atoms with Gasteiger partial charge in [-0.1, -0.05) is 48.0 Å². The molecule has 0 amide bonds. The summed E-state index contributed by atoms with van der Waals surface area (Å²) < 4.78 is 7.65. The summed E-state index contributed by atoms with van der Waals surface area (Å²) in [4.78, 5) is 2.56. The molecule has 2 saturated heterocycles. The molecule has 2 aliphatic heterocycles. The maximum atomic E-state index is 7.65. The third-order valence-electron chi connectivity index (χ3n) is 5.38. The van der Waals surface area contributed by atoms with Crippen molar-refractivity contribution in [3.63, 3.8) is 0 Å². The summed E-state index contributed by atoms with van der Waals surface area (Å²) in [5, 5.41) is 2.48. The number of benzene rings is 2. The number of piperidine rings is 1. The van der Waals surface area contributed by atoms with E-state index in [1.54, 1.807) is 5.31 Å². The third kappa shape index (κ3) is 3.16. The van der Waals surface area contributed by atoms with Gasteiger partial charge in [-0.3, -0.25) is 4.90 Å². The minimum absolute atomic E-state index is 0.438. The Morgan fingerprint density at radius 3 is 2.43 bits per heavy atom. The second-order valence-electron chi connectivity index (χ2n) is 6.98.